The van der Waals surface area contributed by atoms with Gasteiger partial charge in [0.15, 0.2) is 0 Å². The van der Waals surface area contributed by atoms with E-state index in [2.05, 4.69) is 5.32 Å². The van der Waals surface area contributed by atoms with Gasteiger partial charge in [0.1, 0.15) is 6.04 Å². The second-order valence-electron chi connectivity index (χ2n) is 2.88. The van der Waals surface area contributed by atoms with Crippen molar-refractivity contribution in [3.8, 4) is 0 Å². The van der Waals surface area contributed by atoms with Gasteiger partial charge in [-0.3, -0.25) is 4.79 Å². The lowest BCUT2D eigenvalue weighted by atomic mass is 10.2. The molecule has 2 atom stereocenters. The Bertz CT molecular complexity index is 167. The minimum Gasteiger partial charge on any atom is -0.480 e. The van der Waals surface area contributed by atoms with Gasteiger partial charge in [0.25, 0.3) is 0 Å². The summed E-state index contributed by atoms with van der Waals surface area (Å²) in [6.07, 6.45) is -0.202. The molecule has 0 spiro atoms. The third-order valence-corrected chi connectivity index (χ3v) is 2.86. The highest BCUT2D eigenvalue weighted by Crippen LogP contribution is 2.06. The maximum Gasteiger partial charge on any atom is 0.320 e. The number of carboxylic acids is 1. The van der Waals surface area contributed by atoms with Crippen LogP contribution in [0.25, 0.3) is 0 Å². The lowest BCUT2D eigenvalue weighted by Crippen LogP contribution is -2.34. The number of carbonyl (C=O) groups is 1. The fraction of sp³-hybridized carbons (Fsp3) is 0.875. The van der Waals surface area contributed by atoms with Gasteiger partial charge in [0, 0.05) is 5.75 Å². The molecule has 0 heterocycles. The molecule has 0 aromatic rings. The van der Waals surface area contributed by atoms with Crippen LogP contribution in [0, 0.1) is 0 Å². The summed E-state index contributed by atoms with van der Waals surface area (Å²) in [5.74, 6) is 0.220. The van der Waals surface area contributed by atoms with E-state index in [4.69, 9.17) is 15.3 Å². The first kappa shape index (κ1) is 13.7. The van der Waals surface area contributed by atoms with Crippen LogP contribution in [-0.2, 0) is 4.79 Å². The summed E-state index contributed by atoms with van der Waals surface area (Å²) in [5, 5.41) is 28.8. The summed E-state index contributed by atoms with van der Waals surface area (Å²) in [6, 6.07) is -0.534. The van der Waals surface area contributed by atoms with Crippen molar-refractivity contribution in [3.63, 3.8) is 0 Å². The first-order valence-electron chi connectivity index (χ1n) is 4.38. The molecule has 0 saturated carbocycles. The molecule has 0 bridgehead atoms. The van der Waals surface area contributed by atoms with E-state index >= 15 is 0 Å². The highest BCUT2D eigenvalue weighted by atomic mass is 32.2. The van der Waals surface area contributed by atoms with Crippen molar-refractivity contribution < 1.29 is 20.1 Å². The average Bonchev–Trinajstić information content (AvgIpc) is 2.16. The molecule has 0 fully saturated rings. The SMILES string of the molecule is CNC(CCSCC(O)CO)C(=O)O. The van der Waals surface area contributed by atoms with Crippen molar-refractivity contribution in [1.82, 2.24) is 5.32 Å². The molecule has 0 radical (unpaired) electrons. The minimum absolute atomic E-state index is 0.249. The van der Waals surface area contributed by atoms with E-state index in [-0.39, 0.29) is 6.61 Å². The van der Waals surface area contributed by atoms with Crippen molar-refractivity contribution in [3.05, 3.63) is 0 Å². The third-order valence-electron chi connectivity index (χ3n) is 1.72. The van der Waals surface area contributed by atoms with E-state index in [1.807, 2.05) is 0 Å². The molecular weight excluding hydrogens is 206 g/mol. The monoisotopic (exact) mass is 223 g/mol. The van der Waals surface area contributed by atoms with Crippen LogP contribution in [0.5, 0.6) is 0 Å². The quantitative estimate of drug-likeness (QED) is 0.400. The van der Waals surface area contributed by atoms with Crippen molar-refractivity contribution in [1.29, 1.82) is 0 Å². The maximum atomic E-state index is 10.6. The van der Waals surface area contributed by atoms with Gasteiger partial charge in [-0.15, -0.1) is 0 Å². The molecule has 0 aliphatic carbocycles. The second kappa shape index (κ2) is 8.05. The van der Waals surface area contributed by atoms with Crippen LogP contribution in [0.4, 0.5) is 0 Å². The summed E-state index contributed by atoms with van der Waals surface area (Å²) in [4.78, 5) is 10.6. The molecule has 4 N–H and O–H groups in total. The number of likely N-dealkylation sites (N-methyl/N-ethyl adjacent to an activating group) is 1. The Kier molecular flexibility index (Phi) is 7.87. The number of carboxylic acid groups (broad SMARTS) is 1. The Morgan fingerprint density at radius 3 is 2.64 bits per heavy atom. The van der Waals surface area contributed by atoms with Crippen molar-refractivity contribution in [2.24, 2.45) is 0 Å². The van der Waals surface area contributed by atoms with Crippen LogP contribution in [0.2, 0.25) is 0 Å². The van der Waals surface area contributed by atoms with Crippen LogP contribution in [0.3, 0.4) is 0 Å². The number of thioether (sulfide) groups is 1. The van der Waals surface area contributed by atoms with Crippen LogP contribution in [-0.4, -0.2) is 58.6 Å². The number of aliphatic hydroxyl groups is 2. The highest BCUT2D eigenvalue weighted by molar-refractivity contribution is 7.99. The van der Waals surface area contributed by atoms with Gasteiger partial charge in [-0.05, 0) is 19.2 Å². The van der Waals surface area contributed by atoms with Gasteiger partial charge in [0.2, 0.25) is 0 Å². The zero-order chi connectivity index (χ0) is 11.0. The van der Waals surface area contributed by atoms with E-state index in [9.17, 15) is 4.79 Å². The molecule has 0 rings (SSSR count). The number of nitrogens with one attached hydrogen (secondary N) is 1. The lowest BCUT2D eigenvalue weighted by Gasteiger charge is -2.11. The Balaban J connectivity index is 3.47. The van der Waals surface area contributed by atoms with Crippen LogP contribution in [0.1, 0.15) is 6.42 Å². The van der Waals surface area contributed by atoms with Gasteiger partial charge >= 0.3 is 5.97 Å². The predicted molar refractivity (Wildman–Crippen MR) is 55.5 cm³/mol. The molecule has 5 nitrogen and oxygen atoms in total. The average molecular weight is 223 g/mol. The Morgan fingerprint density at radius 2 is 2.21 bits per heavy atom. The predicted octanol–water partition coefficient (Wildman–Crippen LogP) is -0.864. The van der Waals surface area contributed by atoms with Gasteiger partial charge < -0.3 is 20.6 Å². The number of hydrogen-bond donors (Lipinski definition) is 4. The largest absolute Gasteiger partial charge is 0.480 e. The van der Waals surface area contributed by atoms with Gasteiger partial charge in [-0.2, -0.15) is 11.8 Å². The number of aliphatic carboxylic acids is 1. The van der Waals surface area contributed by atoms with Gasteiger partial charge in [-0.1, -0.05) is 0 Å². The van der Waals surface area contributed by atoms with E-state index in [0.29, 0.717) is 17.9 Å². The molecule has 0 aliphatic rings. The molecular formula is C8H17NO4S. The third kappa shape index (κ3) is 6.20. The highest BCUT2D eigenvalue weighted by Gasteiger charge is 2.14. The lowest BCUT2D eigenvalue weighted by molar-refractivity contribution is -0.139. The van der Waals surface area contributed by atoms with E-state index in [1.54, 1.807) is 7.05 Å². The molecule has 6 heteroatoms. The second-order valence-corrected chi connectivity index (χ2v) is 4.03. The molecule has 0 saturated heterocycles. The smallest absolute Gasteiger partial charge is 0.320 e. The van der Waals surface area contributed by atoms with Crippen LogP contribution >= 0.6 is 11.8 Å². The summed E-state index contributed by atoms with van der Waals surface area (Å²) in [5.41, 5.74) is 0. The number of rotatable bonds is 8. The maximum absolute atomic E-state index is 10.6. The first-order valence-corrected chi connectivity index (χ1v) is 5.54. The Labute approximate surface area is 87.5 Å². The zero-order valence-electron chi connectivity index (χ0n) is 8.14. The van der Waals surface area contributed by atoms with E-state index < -0.39 is 18.1 Å². The molecule has 14 heavy (non-hydrogen) atoms. The van der Waals surface area contributed by atoms with Crippen molar-refractivity contribution >= 4 is 17.7 Å². The minimum atomic E-state index is -0.865. The summed E-state index contributed by atoms with van der Waals surface area (Å²) in [7, 11) is 1.60. The van der Waals surface area contributed by atoms with Gasteiger partial charge in [0.05, 0.1) is 12.7 Å². The van der Waals surface area contributed by atoms with Gasteiger partial charge in [-0.25, -0.2) is 0 Å². The first-order chi connectivity index (χ1) is 6.61. The summed E-state index contributed by atoms with van der Waals surface area (Å²) < 4.78 is 0. The molecule has 0 aliphatic heterocycles. The Hall–Kier alpha value is -0.300. The Morgan fingerprint density at radius 1 is 1.57 bits per heavy atom. The van der Waals surface area contributed by atoms with Crippen LogP contribution in [0.15, 0.2) is 0 Å². The fourth-order valence-electron chi connectivity index (χ4n) is 0.865. The molecule has 2 unspecified atom stereocenters. The molecule has 0 amide bonds. The fourth-order valence-corrected chi connectivity index (χ4v) is 1.81. The molecule has 84 valence electrons. The molecule has 0 aromatic carbocycles. The molecule has 0 aromatic heterocycles. The normalized spacial score (nSPS) is 15.1. The van der Waals surface area contributed by atoms with E-state index in [0.717, 1.165) is 0 Å². The standard InChI is InChI=1S/C8H17NO4S/c1-9-7(8(12)13)2-3-14-5-6(11)4-10/h6-7,9-11H,2-5H2,1H3,(H,12,13). The topological polar surface area (TPSA) is 89.8 Å². The summed E-state index contributed by atoms with van der Waals surface area (Å²) >= 11 is 1.43. The van der Waals surface area contributed by atoms with Crippen molar-refractivity contribution in [2.45, 2.75) is 18.6 Å². The summed E-state index contributed by atoms with van der Waals surface area (Å²) in [6.45, 7) is -0.249. The zero-order valence-corrected chi connectivity index (χ0v) is 8.96. The number of hydrogen-bond acceptors (Lipinski definition) is 5. The number of aliphatic hydroxyl groups excluding tert-OH is 2. The van der Waals surface area contributed by atoms with E-state index in [1.165, 1.54) is 11.8 Å². The van der Waals surface area contributed by atoms with Crippen molar-refractivity contribution in [2.75, 3.05) is 25.2 Å². The van der Waals surface area contributed by atoms with Crippen LogP contribution < -0.4 is 5.32 Å².